The number of aromatic nitrogens is 3. The fourth-order valence-electron chi connectivity index (χ4n) is 1.30. The van der Waals surface area contributed by atoms with E-state index in [0.717, 1.165) is 6.42 Å². The highest BCUT2D eigenvalue weighted by molar-refractivity contribution is 9.10. The van der Waals surface area contributed by atoms with Crippen molar-refractivity contribution in [2.75, 3.05) is 6.61 Å². The molecule has 1 aromatic heterocycles. The molecule has 2 aromatic rings. The summed E-state index contributed by atoms with van der Waals surface area (Å²) in [5.74, 6) is 0.300. The Labute approximate surface area is 144 Å². The van der Waals surface area contributed by atoms with Crippen LogP contribution in [0.1, 0.15) is 13.3 Å². The van der Waals surface area contributed by atoms with Gasteiger partial charge < -0.3 is 9.47 Å². The van der Waals surface area contributed by atoms with E-state index in [9.17, 15) is 0 Å². The van der Waals surface area contributed by atoms with E-state index in [1.54, 1.807) is 6.07 Å². The van der Waals surface area contributed by atoms with Crippen LogP contribution in [-0.2, 0) is 0 Å². The largest absolute Gasteiger partial charge is 0.463 e. The summed E-state index contributed by atoms with van der Waals surface area (Å²) < 4.78 is 11.4. The van der Waals surface area contributed by atoms with E-state index in [-0.39, 0.29) is 17.3 Å². The Hall–Kier alpha value is -0.820. The fraction of sp³-hybridized carbons (Fsp3) is 0.250. The summed E-state index contributed by atoms with van der Waals surface area (Å²) in [6.07, 6.45) is 0.813. The number of rotatable bonds is 5. The maximum atomic E-state index is 6.07. The van der Waals surface area contributed by atoms with Crippen LogP contribution in [0, 0.1) is 0 Å². The highest BCUT2D eigenvalue weighted by atomic mass is 79.9. The van der Waals surface area contributed by atoms with Crippen molar-refractivity contribution in [2.45, 2.75) is 13.3 Å². The molecule has 0 aliphatic heterocycles. The summed E-state index contributed by atoms with van der Waals surface area (Å²) >= 11 is 21.1. The second-order valence-electron chi connectivity index (χ2n) is 3.82. The third kappa shape index (κ3) is 4.57. The van der Waals surface area contributed by atoms with E-state index >= 15 is 0 Å². The van der Waals surface area contributed by atoms with Crippen LogP contribution in [0.15, 0.2) is 16.6 Å². The second kappa shape index (κ2) is 7.45. The standard InChI is InChI=1S/C12H9BrCl3N3O2/c1-2-3-20-11-17-10(16)18-12(19-11)21-9-5-7(14)6(13)4-8(9)15/h4-5H,2-3H2,1H3. The number of benzene rings is 1. The molecule has 0 saturated carbocycles. The average Bonchev–Trinajstić information content (AvgIpc) is 2.42. The third-order valence-corrected chi connectivity index (χ3v) is 3.84. The van der Waals surface area contributed by atoms with Gasteiger partial charge in [0, 0.05) is 10.5 Å². The van der Waals surface area contributed by atoms with Crippen LogP contribution in [0.2, 0.25) is 15.3 Å². The van der Waals surface area contributed by atoms with Crippen molar-refractivity contribution >= 4 is 50.7 Å². The minimum Gasteiger partial charge on any atom is -0.463 e. The van der Waals surface area contributed by atoms with Crippen LogP contribution in [0.4, 0.5) is 0 Å². The normalized spacial score (nSPS) is 10.5. The van der Waals surface area contributed by atoms with Crippen molar-refractivity contribution in [3.05, 3.63) is 31.9 Å². The number of nitrogens with zero attached hydrogens (tertiary/aromatic N) is 3. The Kier molecular flexibility index (Phi) is 5.87. The Morgan fingerprint density at radius 1 is 1.05 bits per heavy atom. The maximum absolute atomic E-state index is 6.07. The van der Waals surface area contributed by atoms with Crippen LogP contribution in [0.3, 0.4) is 0 Å². The van der Waals surface area contributed by atoms with Gasteiger partial charge in [0.15, 0.2) is 5.75 Å². The fourth-order valence-corrected chi connectivity index (χ4v) is 2.27. The quantitative estimate of drug-likeness (QED) is 0.633. The molecule has 0 N–H and O–H groups in total. The van der Waals surface area contributed by atoms with Gasteiger partial charge in [0.1, 0.15) is 0 Å². The second-order valence-corrected chi connectivity index (χ2v) is 5.82. The summed E-state index contributed by atoms with van der Waals surface area (Å²) in [5.41, 5.74) is 0. The Morgan fingerprint density at radius 2 is 1.76 bits per heavy atom. The van der Waals surface area contributed by atoms with E-state index < -0.39 is 0 Å². The topological polar surface area (TPSA) is 57.1 Å². The van der Waals surface area contributed by atoms with Gasteiger partial charge >= 0.3 is 12.0 Å². The van der Waals surface area contributed by atoms with Crippen molar-refractivity contribution in [3.8, 4) is 17.8 Å². The first-order valence-electron chi connectivity index (χ1n) is 5.86. The van der Waals surface area contributed by atoms with Crippen LogP contribution in [-0.4, -0.2) is 21.6 Å². The lowest BCUT2D eigenvalue weighted by Crippen LogP contribution is -2.03. The Bertz CT molecular complexity index is 658. The van der Waals surface area contributed by atoms with Gasteiger partial charge in [0.2, 0.25) is 5.28 Å². The van der Waals surface area contributed by atoms with Gasteiger partial charge in [-0.1, -0.05) is 30.1 Å². The molecule has 0 unspecified atom stereocenters. The molecule has 0 amide bonds. The van der Waals surface area contributed by atoms with E-state index in [0.29, 0.717) is 26.9 Å². The molecule has 1 heterocycles. The monoisotopic (exact) mass is 411 g/mol. The molecule has 2 rings (SSSR count). The van der Waals surface area contributed by atoms with Gasteiger partial charge in [0.05, 0.1) is 16.7 Å². The summed E-state index contributed by atoms with van der Waals surface area (Å²) in [5, 5.41) is 0.751. The third-order valence-electron chi connectivity index (χ3n) is 2.18. The van der Waals surface area contributed by atoms with Crippen LogP contribution in [0.5, 0.6) is 17.8 Å². The van der Waals surface area contributed by atoms with Gasteiger partial charge in [-0.3, -0.25) is 0 Å². The van der Waals surface area contributed by atoms with E-state index in [4.69, 9.17) is 44.3 Å². The highest BCUT2D eigenvalue weighted by Crippen LogP contribution is 2.36. The van der Waals surface area contributed by atoms with Crippen molar-refractivity contribution in [1.82, 2.24) is 15.0 Å². The number of hydrogen-bond donors (Lipinski definition) is 0. The molecule has 9 heteroatoms. The van der Waals surface area contributed by atoms with Gasteiger partial charge in [-0.05, 0) is 40.0 Å². The molecule has 21 heavy (non-hydrogen) atoms. The lowest BCUT2D eigenvalue weighted by Gasteiger charge is -2.08. The van der Waals surface area contributed by atoms with Gasteiger partial charge in [-0.25, -0.2) is 0 Å². The first-order chi connectivity index (χ1) is 9.99. The Balaban J connectivity index is 2.27. The smallest absolute Gasteiger partial charge is 0.329 e. The summed E-state index contributed by atoms with van der Waals surface area (Å²) in [6.45, 7) is 2.43. The zero-order valence-electron chi connectivity index (χ0n) is 10.7. The number of ether oxygens (including phenoxy) is 2. The molecule has 1 aromatic carbocycles. The van der Waals surface area contributed by atoms with Crippen molar-refractivity contribution in [2.24, 2.45) is 0 Å². The van der Waals surface area contributed by atoms with Gasteiger partial charge in [-0.2, -0.15) is 9.97 Å². The average molecular weight is 413 g/mol. The predicted molar refractivity (Wildman–Crippen MR) is 84.9 cm³/mol. The number of halogens is 4. The minimum atomic E-state index is -0.0366. The lowest BCUT2D eigenvalue weighted by molar-refractivity contribution is 0.284. The molecule has 0 radical (unpaired) electrons. The predicted octanol–water partition coefficient (Wildman–Crippen LogP) is 5.18. The van der Waals surface area contributed by atoms with Crippen molar-refractivity contribution in [3.63, 3.8) is 0 Å². The Morgan fingerprint density at radius 3 is 2.48 bits per heavy atom. The van der Waals surface area contributed by atoms with Gasteiger partial charge in [0.25, 0.3) is 0 Å². The minimum absolute atomic E-state index is 0.0265. The molecular weight excluding hydrogens is 404 g/mol. The summed E-state index contributed by atoms with van der Waals surface area (Å²) in [4.78, 5) is 11.7. The van der Waals surface area contributed by atoms with E-state index in [2.05, 4.69) is 30.9 Å². The molecule has 0 aliphatic carbocycles. The highest BCUT2D eigenvalue weighted by Gasteiger charge is 2.12. The van der Waals surface area contributed by atoms with E-state index in [1.807, 2.05) is 6.92 Å². The zero-order valence-corrected chi connectivity index (χ0v) is 14.6. The molecule has 112 valence electrons. The molecule has 5 nitrogen and oxygen atoms in total. The van der Waals surface area contributed by atoms with Crippen LogP contribution in [0.25, 0.3) is 0 Å². The van der Waals surface area contributed by atoms with Crippen LogP contribution >= 0.6 is 50.7 Å². The molecule has 0 fully saturated rings. The van der Waals surface area contributed by atoms with Crippen molar-refractivity contribution in [1.29, 1.82) is 0 Å². The van der Waals surface area contributed by atoms with Gasteiger partial charge in [-0.15, -0.1) is 4.98 Å². The zero-order chi connectivity index (χ0) is 15.4. The maximum Gasteiger partial charge on any atom is 0.329 e. The molecule has 0 spiro atoms. The molecule has 0 aliphatic rings. The molecule has 0 atom stereocenters. The van der Waals surface area contributed by atoms with E-state index in [1.165, 1.54) is 6.07 Å². The number of hydrogen-bond acceptors (Lipinski definition) is 5. The molecule has 0 saturated heterocycles. The molecule has 0 bridgehead atoms. The first-order valence-corrected chi connectivity index (χ1v) is 7.79. The summed E-state index contributed by atoms with van der Waals surface area (Å²) in [7, 11) is 0. The molecular formula is C12H9BrCl3N3O2. The lowest BCUT2D eigenvalue weighted by atomic mass is 10.3. The van der Waals surface area contributed by atoms with Crippen LogP contribution < -0.4 is 9.47 Å². The SMILES string of the molecule is CCCOc1nc(Cl)nc(Oc2cc(Cl)c(Br)cc2Cl)n1. The van der Waals surface area contributed by atoms with Crippen molar-refractivity contribution < 1.29 is 9.47 Å². The summed E-state index contributed by atoms with van der Waals surface area (Å²) in [6, 6.07) is 3.21. The first kappa shape index (κ1) is 16.5.